The molecule has 0 saturated carbocycles. The molecule has 2 aromatic rings. The van der Waals surface area contributed by atoms with E-state index in [1.165, 1.54) is 13.0 Å². The fourth-order valence-electron chi connectivity index (χ4n) is 2.36. The highest BCUT2D eigenvalue weighted by atomic mass is 32.2. The summed E-state index contributed by atoms with van der Waals surface area (Å²) in [5, 5.41) is 0.972. The maximum Gasteiger partial charge on any atom is 0.321 e. The number of ether oxygens (including phenoxy) is 1. The molecule has 1 N–H and O–H groups in total. The van der Waals surface area contributed by atoms with Gasteiger partial charge in [-0.2, -0.15) is 0 Å². The highest BCUT2D eigenvalue weighted by Crippen LogP contribution is 2.13. The van der Waals surface area contributed by atoms with E-state index in [4.69, 9.17) is 4.74 Å². The first-order chi connectivity index (χ1) is 13.2. The molecule has 0 aliphatic carbocycles. The summed E-state index contributed by atoms with van der Waals surface area (Å²) in [4.78, 5) is 24.3. The SMILES string of the molecule is Cc1ccc(C(=O)C(C)OC(=O)CNS(=O)(=O)/C=C/c2ccccc2)cc1C. The van der Waals surface area contributed by atoms with Crippen LogP contribution in [0.5, 0.6) is 0 Å². The number of carbonyl (C=O) groups is 2. The lowest BCUT2D eigenvalue weighted by molar-refractivity contribution is -0.144. The molecular formula is C21H23NO5S. The van der Waals surface area contributed by atoms with Crippen molar-refractivity contribution in [2.45, 2.75) is 26.9 Å². The normalized spacial score (nSPS) is 12.7. The lowest BCUT2D eigenvalue weighted by Gasteiger charge is -2.13. The second kappa shape index (κ2) is 9.43. The van der Waals surface area contributed by atoms with E-state index in [2.05, 4.69) is 4.72 Å². The van der Waals surface area contributed by atoms with Gasteiger partial charge in [0.2, 0.25) is 15.8 Å². The van der Waals surface area contributed by atoms with Crippen molar-refractivity contribution in [1.82, 2.24) is 4.72 Å². The average Bonchev–Trinajstić information content (AvgIpc) is 2.67. The Morgan fingerprint density at radius 3 is 2.39 bits per heavy atom. The summed E-state index contributed by atoms with van der Waals surface area (Å²) in [6.07, 6.45) is 0.401. The Labute approximate surface area is 165 Å². The topological polar surface area (TPSA) is 89.5 Å². The Bertz CT molecular complexity index is 981. The summed E-state index contributed by atoms with van der Waals surface area (Å²) in [6.45, 7) is 4.72. The maximum atomic E-state index is 12.4. The second-order valence-electron chi connectivity index (χ2n) is 6.37. The van der Waals surface area contributed by atoms with Gasteiger partial charge < -0.3 is 4.74 Å². The molecule has 0 bridgehead atoms. The summed E-state index contributed by atoms with van der Waals surface area (Å²) in [6, 6.07) is 14.1. The van der Waals surface area contributed by atoms with Crippen molar-refractivity contribution in [3.8, 4) is 0 Å². The minimum absolute atomic E-state index is 0.344. The van der Waals surface area contributed by atoms with Crippen molar-refractivity contribution < 1.29 is 22.7 Å². The van der Waals surface area contributed by atoms with E-state index in [-0.39, 0.29) is 5.78 Å². The number of sulfonamides is 1. The van der Waals surface area contributed by atoms with Crippen molar-refractivity contribution in [1.29, 1.82) is 0 Å². The molecule has 0 aromatic heterocycles. The van der Waals surface area contributed by atoms with Gasteiger partial charge in [-0.3, -0.25) is 9.59 Å². The van der Waals surface area contributed by atoms with E-state index in [9.17, 15) is 18.0 Å². The number of hydrogen-bond donors (Lipinski definition) is 1. The molecule has 148 valence electrons. The van der Waals surface area contributed by atoms with Gasteiger partial charge in [0.1, 0.15) is 6.54 Å². The van der Waals surface area contributed by atoms with Gasteiger partial charge in [-0.25, -0.2) is 13.1 Å². The van der Waals surface area contributed by atoms with Crippen molar-refractivity contribution in [2.24, 2.45) is 0 Å². The molecule has 6 nitrogen and oxygen atoms in total. The van der Waals surface area contributed by atoms with Crippen molar-refractivity contribution in [2.75, 3.05) is 6.54 Å². The van der Waals surface area contributed by atoms with Crippen LogP contribution in [0.3, 0.4) is 0 Å². The minimum atomic E-state index is -3.81. The summed E-state index contributed by atoms with van der Waals surface area (Å²) >= 11 is 0. The van der Waals surface area contributed by atoms with E-state index in [1.807, 2.05) is 26.0 Å². The third-order valence-corrected chi connectivity index (χ3v) is 5.17. The molecule has 0 spiro atoms. The number of aryl methyl sites for hydroxylation is 2. The predicted molar refractivity (Wildman–Crippen MR) is 108 cm³/mol. The average molecular weight is 401 g/mol. The van der Waals surface area contributed by atoms with Crippen LogP contribution in [0.1, 0.15) is 34.0 Å². The Balaban J connectivity index is 1.89. The first-order valence-corrected chi connectivity index (χ1v) is 10.3. The highest BCUT2D eigenvalue weighted by molar-refractivity contribution is 7.92. The van der Waals surface area contributed by atoms with E-state index in [0.717, 1.165) is 16.5 Å². The van der Waals surface area contributed by atoms with Crippen LogP contribution in [0.25, 0.3) is 6.08 Å². The number of ketones is 1. The third kappa shape index (κ3) is 6.44. The summed E-state index contributed by atoms with van der Waals surface area (Å²) in [5.74, 6) is -1.18. The van der Waals surface area contributed by atoms with Crippen LogP contribution in [-0.4, -0.2) is 32.8 Å². The van der Waals surface area contributed by atoms with E-state index in [1.54, 1.807) is 36.4 Å². The summed E-state index contributed by atoms with van der Waals surface area (Å²) in [5.41, 5.74) is 3.17. The van der Waals surface area contributed by atoms with Crippen LogP contribution in [0.4, 0.5) is 0 Å². The van der Waals surface area contributed by atoms with E-state index in [0.29, 0.717) is 11.1 Å². The van der Waals surface area contributed by atoms with Crippen LogP contribution in [0, 0.1) is 13.8 Å². The molecule has 0 fully saturated rings. The molecule has 7 heteroatoms. The number of hydrogen-bond acceptors (Lipinski definition) is 5. The number of esters is 1. The third-order valence-electron chi connectivity index (χ3n) is 4.13. The lowest BCUT2D eigenvalue weighted by Crippen LogP contribution is -2.33. The first-order valence-electron chi connectivity index (χ1n) is 8.72. The molecule has 0 aliphatic heterocycles. The van der Waals surface area contributed by atoms with Gasteiger partial charge in [-0.15, -0.1) is 0 Å². The molecule has 2 aromatic carbocycles. The van der Waals surface area contributed by atoms with Crippen LogP contribution >= 0.6 is 0 Å². The molecule has 0 heterocycles. The zero-order valence-corrected chi connectivity index (χ0v) is 16.8. The van der Waals surface area contributed by atoms with E-state index < -0.39 is 28.6 Å². The first kappa shape index (κ1) is 21.5. The Morgan fingerprint density at radius 1 is 1.07 bits per heavy atom. The van der Waals surface area contributed by atoms with Crippen LogP contribution in [0.2, 0.25) is 0 Å². The molecule has 2 rings (SSSR count). The Kier molecular flexibility index (Phi) is 7.25. The van der Waals surface area contributed by atoms with Crippen molar-refractivity contribution >= 4 is 27.9 Å². The monoisotopic (exact) mass is 401 g/mol. The molecule has 0 aliphatic rings. The van der Waals surface area contributed by atoms with Gasteiger partial charge in [0.15, 0.2) is 6.10 Å². The van der Waals surface area contributed by atoms with Crippen molar-refractivity contribution in [3.63, 3.8) is 0 Å². The number of carbonyl (C=O) groups excluding carboxylic acids is 2. The van der Waals surface area contributed by atoms with Gasteiger partial charge in [-0.05, 0) is 49.6 Å². The van der Waals surface area contributed by atoms with Crippen LogP contribution < -0.4 is 4.72 Å². The molecule has 0 amide bonds. The predicted octanol–water partition coefficient (Wildman–Crippen LogP) is 3.01. The molecule has 1 unspecified atom stereocenters. The smallest absolute Gasteiger partial charge is 0.321 e. The largest absolute Gasteiger partial charge is 0.453 e. The molecular weight excluding hydrogens is 378 g/mol. The maximum absolute atomic E-state index is 12.4. The molecule has 0 radical (unpaired) electrons. The quantitative estimate of drug-likeness (QED) is 0.542. The fraction of sp³-hybridized carbons (Fsp3) is 0.238. The Morgan fingerprint density at radius 2 is 1.75 bits per heavy atom. The zero-order chi connectivity index (χ0) is 20.7. The Hall–Kier alpha value is -2.77. The van der Waals surface area contributed by atoms with Gasteiger partial charge in [-0.1, -0.05) is 42.5 Å². The fourth-order valence-corrected chi connectivity index (χ4v) is 3.11. The number of Topliss-reactive ketones (excluding diaryl/α,β-unsaturated/α-hetero) is 1. The molecule has 28 heavy (non-hydrogen) atoms. The second-order valence-corrected chi connectivity index (χ2v) is 8.03. The zero-order valence-electron chi connectivity index (χ0n) is 16.0. The van der Waals surface area contributed by atoms with Gasteiger partial charge >= 0.3 is 5.97 Å². The van der Waals surface area contributed by atoms with Gasteiger partial charge in [0, 0.05) is 11.0 Å². The minimum Gasteiger partial charge on any atom is -0.453 e. The molecule has 0 saturated heterocycles. The lowest BCUT2D eigenvalue weighted by atomic mass is 10.0. The van der Waals surface area contributed by atoms with Crippen molar-refractivity contribution in [3.05, 3.63) is 76.2 Å². The van der Waals surface area contributed by atoms with Crippen LogP contribution in [0.15, 0.2) is 53.9 Å². The number of nitrogens with one attached hydrogen (secondary N) is 1. The highest BCUT2D eigenvalue weighted by Gasteiger charge is 2.20. The standard InChI is InChI=1S/C21H23NO5S/c1-15-9-10-19(13-16(15)2)21(24)17(3)27-20(23)14-22-28(25,26)12-11-18-7-5-4-6-8-18/h4-13,17,22H,14H2,1-3H3/b12-11+. The summed E-state index contributed by atoms with van der Waals surface area (Å²) in [7, 11) is -3.81. The molecule has 1 atom stereocenters. The van der Waals surface area contributed by atoms with Gasteiger partial charge in [0.05, 0.1) is 0 Å². The van der Waals surface area contributed by atoms with Gasteiger partial charge in [0.25, 0.3) is 0 Å². The number of rotatable bonds is 8. The number of benzene rings is 2. The summed E-state index contributed by atoms with van der Waals surface area (Å²) < 4.78 is 31.1. The van der Waals surface area contributed by atoms with E-state index >= 15 is 0 Å². The van der Waals surface area contributed by atoms with Crippen LogP contribution in [-0.2, 0) is 19.6 Å².